The van der Waals surface area contributed by atoms with Crippen LogP contribution in [0.3, 0.4) is 0 Å². The lowest BCUT2D eigenvalue weighted by atomic mass is 9.81. The predicted octanol–water partition coefficient (Wildman–Crippen LogP) is 25.9. The number of fused-ring (bicyclic) bond motifs is 6. The first-order valence-electron chi connectivity index (χ1n) is 33.5. The van der Waals surface area contributed by atoms with Crippen LogP contribution in [0.1, 0.15) is 72.2 Å². The van der Waals surface area contributed by atoms with Gasteiger partial charge in [0.25, 0.3) is 0 Å². The third-order valence-corrected chi connectivity index (χ3v) is 19.9. The summed E-state index contributed by atoms with van der Waals surface area (Å²) >= 11 is 0. The van der Waals surface area contributed by atoms with Crippen molar-refractivity contribution in [1.29, 1.82) is 0 Å². The minimum absolute atomic E-state index is 0.237. The van der Waals surface area contributed by atoms with Crippen LogP contribution in [0.2, 0.25) is 0 Å². The molecule has 0 atom stereocenters. The molecular formula is C94H72N2. The van der Waals surface area contributed by atoms with E-state index in [-0.39, 0.29) is 10.8 Å². The molecule has 2 aliphatic carbocycles. The van der Waals surface area contributed by atoms with E-state index in [2.05, 4.69) is 402 Å². The van der Waals surface area contributed by atoms with Crippen LogP contribution in [0.15, 0.2) is 340 Å². The minimum Gasteiger partial charge on any atom is -0.309 e. The van der Waals surface area contributed by atoms with Gasteiger partial charge in [0.1, 0.15) is 0 Å². The van der Waals surface area contributed by atoms with Crippen molar-refractivity contribution in [3.8, 4) is 77.9 Å². The lowest BCUT2D eigenvalue weighted by Gasteiger charge is -2.31. The van der Waals surface area contributed by atoms with Crippen LogP contribution in [-0.4, -0.2) is 0 Å². The summed E-state index contributed by atoms with van der Waals surface area (Å²) in [6, 6.07) is 124. The molecule has 0 N–H and O–H groups in total. The highest BCUT2D eigenvalue weighted by Crippen LogP contribution is 2.55. The van der Waals surface area contributed by atoms with E-state index in [1.54, 1.807) is 0 Å². The van der Waals surface area contributed by atoms with Gasteiger partial charge in [-0.1, -0.05) is 343 Å². The number of rotatable bonds is 15. The summed E-state index contributed by atoms with van der Waals surface area (Å²) in [5, 5.41) is 0. The maximum Gasteiger partial charge on any atom is 0.0540 e. The Bertz CT molecular complexity index is 4750. The molecule has 0 aromatic heterocycles. The Labute approximate surface area is 565 Å². The van der Waals surface area contributed by atoms with Crippen molar-refractivity contribution in [2.75, 3.05) is 9.80 Å². The molecule has 0 fully saturated rings. The fraction of sp³-hybridized carbons (Fsp3) is 0.0638. The van der Waals surface area contributed by atoms with Gasteiger partial charge in [0, 0.05) is 44.5 Å². The van der Waals surface area contributed by atoms with E-state index in [4.69, 9.17) is 0 Å². The van der Waals surface area contributed by atoms with Crippen LogP contribution in [-0.2, 0) is 10.8 Å². The molecule has 0 unspecified atom stereocenters. The molecule has 0 heterocycles. The largest absolute Gasteiger partial charge is 0.309 e. The summed E-state index contributed by atoms with van der Waals surface area (Å²) in [5.41, 5.74) is 33.4. The zero-order chi connectivity index (χ0) is 64.7. The normalized spacial score (nSPS) is 13.1. The van der Waals surface area contributed by atoms with Crippen molar-refractivity contribution in [2.45, 2.75) is 38.5 Å². The molecule has 0 spiro atoms. The Morgan fingerprint density at radius 3 is 0.740 bits per heavy atom. The van der Waals surface area contributed by atoms with E-state index in [1.807, 2.05) is 0 Å². The average molecular weight is 1230 g/mol. The van der Waals surface area contributed by atoms with Crippen molar-refractivity contribution in [2.24, 2.45) is 0 Å². The summed E-state index contributed by atoms with van der Waals surface area (Å²) in [4.78, 5) is 4.94. The van der Waals surface area contributed by atoms with Gasteiger partial charge < -0.3 is 9.80 Å². The van der Waals surface area contributed by atoms with Crippen LogP contribution in [0.5, 0.6) is 0 Å². The Hall–Kier alpha value is -11.8. The highest BCUT2D eigenvalue weighted by molar-refractivity contribution is 5.97. The smallest absolute Gasteiger partial charge is 0.0540 e. The van der Waals surface area contributed by atoms with Crippen LogP contribution >= 0.6 is 0 Å². The highest BCUT2D eigenvalue weighted by atomic mass is 15.2. The molecule has 458 valence electrons. The van der Waals surface area contributed by atoms with Crippen molar-refractivity contribution >= 4 is 58.4 Å². The molecule has 2 aliphatic rings. The van der Waals surface area contributed by atoms with E-state index in [0.717, 1.165) is 45.3 Å². The lowest BCUT2D eigenvalue weighted by molar-refractivity contribution is 0.660. The second-order valence-corrected chi connectivity index (χ2v) is 26.4. The van der Waals surface area contributed by atoms with Gasteiger partial charge in [-0.05, 0) is 149 Å². The van der Waals surface area contributed by atoms with Crippen molar-refractivity contribution in [3.63, 3.8) is 0 Å². The molecule has 0 bridgehead atoms. The number of hydrogen-bond donors (Lipinski definition) is 0. The van der Waals surface area contributed by atoms with Crippen molar-refractivity contribution in [1.82, 2.24) is 0 Å². The molecule has 0 aliphatic heterocycles. The first kappa shape index (κ1) is 59.2. The summed E-state index contributed by atoms with van der Waals surface area (Å²) in [5.74, 6) is 0. The number of hydrogen-bond acceptors (Lipinski definition) is 2. The molecule has 14 aromatic carbocycles. The lowest BCUT2D eigenvalue weighted by Crippen LogP contribution is -2.17. The van der Waals surface area contributed by atoms with Gasteiger partial charge in [0.05, 0.1) is 22.7 Å². The first-order valence-corrected chi connectivity index (χ1v) is 33.5. The van der Waals surface area contributed by atoms with Gasteiger partial charge in [-0.15, -0.1) is 0 Å². The monoisotopic (exact) mass is 1230 g/mol. The van der Waals surface area contributed by atoms with Gasteiger partial charge in [0.2, 0.25) is 0 Å². The van der Waals surface area contributed by atoms with Gasteiger partial charge in [-0.2, -0.15) is 0 Å². The molecule has 96 heavy (non-hydrogen) atoms. The summed E-state index contributed by atoms with van der Waals surface area (Å²) in [6.07, 6.45) is 9.00. The highest BCUT2D eigenvalue weighted by Gasteiger charge is 2.38. The van der Waals surface area contributed by atoms with E-state index in [9.17, 15) is 0 Å². The predicted molar refractivity (Wildman–Crippen MR) is 409 cm³/mol. The molecule has 2 nitrogen and oxygen atoms in total. The standard InChI is InChI=1S/C94H72N2/c1-93(2)85-61-67(49-57-81(85)83-59-55-75(63-87(83)93)95(89-37-21-17-33-77(89)71-25-9-5-10-26-71)90-38-22-18-34-78(90)72-27-11-6-12-28-72)43-41-65-45-51-69(52-46-65)70-53-47-66(48-54-70)42-44-68-50-58-82-84-60-56-76(64-88(84)94(3,4)86(82)62-68)96(91-39-23-19-35-79(91)73-29-13-7-14-30-73)92-40-24-20-36-80(92)74-31-15-8-16-32-74/h5-64H,1-4H3/b43-41+,44-42+. The molecule has 0 amide bonds. The third kappa shape index (κ3) is 11.0. The number of para-hydroxylation sites is 4. The molecule has 16 rings (SSSR count). The first-order chi connectivity index (χ1) is 47.1. The van der Waals surface area contributed by atoms with E-state index in [0.29, 0.717) is 0 Å². The zero-order valence-electron chi connectivity index (χ0n) is 54.5. The maximum atomic E-state index is 2.47. The number of nitrogens with zero attached hydrogens (tertiary/aromatic N) is 2. The summed E-state index contributed by atoms with van der Waals surface area (Å²) < 4.78 is 0. The van der Waals surface area contributed by atoms with Gasteiger partial charge in [-0.25, -0.2) is 0 Å². The van der Waals surface area contributed by atoms with Crippen LogP contribution < -0.4 is 9.80 Å². The van der Waals surface area contributed by atoms with E-state index in [1.165, 1.54) is 111 Å². The second-order valence-electron chi connectivity index (χ2n) is 26.4. The Morgan fingerprint density at radius 2 is 0.438 bits per heavy atom. The molecular weight excluding hydrogens is 1160 g/mol. The van der Waals surface area contributed by atoms with Crippen molar-refractivity contribution in [3.05, 3.63) is 384 Å². The second kappa shape index (κ2) is 24.9. The fourth-order valence-corrected chi connectivity index (χ4v) is 14.9. The van der Waals surface area contributed by atoms with Crippen LogP contribution in [0.25, 0.3) is 102 Å². The molecule has 0 saturated heterocycles. The average Bonchev–Trinajstić information content (AvgIpc) is 1.58. The third-order valence-electron chi connectivity index (χ3n) is 19.9. The number of anilines is 6. The quantitative estimate of drug-likeness (QED) is 0.0944. The molecule has 14 aromatic rings. The fourth-order valence-electron chi connectivity index (χ4n) is 14.9. The zero-order valence-corrected chi connectivity index (χ0v) is 54.5. The minimum atomic E-state index is -0.237. The van der Waals surface area contributed by atoms with E-state index >= 15 is 0 Å². The van der Waals surface area contributed by atoms with E-state index < -0.39 is 0 Å². The van der Waals surface area contributed by atoms with Gasteiger partial charge in [-0.3, -0.25) is 0 Å². The van der Waals surface area contributed by atoms with Crippen LogP contribution in [0, 0.1) is 0 Å². The maximum absolute atomic E-state index is 2.47. The van der Waals surface area contributed by atoms with Crippen molar-refractivity contribution < 1.29 is 0 Å². The Balaban J connectivity index is 0.622. The van der Waals surface area contributed by atoms with Gasteiger partial charge in [0.15, 0.2) is 0 Å². The SMILES string of the molecule is CC1(C)c2cc(/C=C/c3ccc(-c4ccc(/C=C/c5ccc6c(c5)C(C)(C)c5cc(N(c7ccccc7-c7ccccc7)c7ccccc7-c7ccccc7)ccc5-6)cc4)cc3)ccc2-c2ccc(N(c3ccccc3-c3ccccc3)c3ccccc3-c3ccccc3)cc21. The summed E-state index contributed by atoms with van der Waals surface area (Å²) in [6.45, 7) is 9.53. The molecule has 0 radical (unpaired) electrons. The molecule has 0 saturated carbocycles. The summed E-state index contributed by atoms with van der Waals surface area (Å²) in [7, 11) is 0. The van der Waals surface area contributed by atoms with Gasteiger partial charge >= 0.3 is 0 Å². The Morgan fingerprint density at radius 1 is 0.198 bits per heavy atom. The molecule has 2 heteroatoms. The topological polar surface area (TPSA) is 6.48 Å². The Kier molecular flexibility index (Phi) is 15.4. The number of benzene rings is 14. The van der Waals surface area contributed by atoms with Crippen LogP contribution in [0.4, 0.5) is 34.1 Å².